The molecule has 0 amide bonds. The lowest BCUT2D eigenvalue weighted by Gasteiger charge is -2.38. The van der Waals surface area contributed by atoms with Gasteiger partial charge in [0.1, 0.15) is 0 Å². The second-order valence-corrected chi connectivity index (χ2v) is 20.7. The molecule has 0 bridgehead atoms. The van der Waals surface area contributed by atoms with Crippen LogP contribution in [-0.2, 0) is 5.41 Å². The fraction of sp³-hybridized carbons (Fsp3) is 0.0959. The zero-order chi connectivity index (χ0) is 51.1. The number of hydrogen-bond donors (Lipinski definition) is 0. The van der Waals surface area contributed by atoms with E-state index in [9.17, 15) is 0 Å². The average Bonchev–Trinajstić information content (AvgIpc) is 3.84. The minimum absolute atomic E-state index is 0.378. The monoisotopic (exact) mass is 990 g/mol. The maximum Gasteiger partial charge on any atom is 0.0748 e. The molecule has 3 aliphatic carbocycles. The first-order valence-corrected chi connectivity index (χ1v) is 27.4. The molecule has 4 nitrogen and oxygen atoms in total. The molecule has 11 aromatic carbocycles. The Morgan fingerprint density at radius 3 is 1.00 bits per heavy atom. The Hall–Kier alpha value is -9.38. The summed E-state index contributed by atoms with van der Waals surface area (Å²) < 4.78 is 0. The van der Waals surface area contributed by atoms with Crippen LogP contribution in [0.5, 0.6) is 0 Å². The standard InChI is InChI=1S/C73H58N4/c1-9-26-53(27-10-1)74(54-28-11-2-12-29-54)61-44-47-64-65-48-45-62(75(55-30-13-3-14-31-55)56-32-15-4-16-33-56)51-69(65)73(68(64)50-61)70-52-63(76(57-34-17-5-18-35-57)58-36-19-6-20-37-58)46-49-66(70)67-42-25-43-71(72(67)73)77(59-38-21-7-22-39-59)60-40-23-8-24-41-60/h1-5,7-18,21-35,38-52,58H,6,19-20,36-37H2. The van der Waals surface area contributed by atoms with Crippen molar-refractivity contribution in [1.82, 2.24) is 0 Å². The van der Waals surface area contributed by atoms with Gasteiger partial charge in [0.2, 0.25) is 0 Å². The zero-order valence-electron chi connectivity index (χ0n) is 43.0. The van der Waals surface area contributed by atoms with Gasteiger partial charge in [-0.2, -0.15) is 0 Å². The molecule has 77 heavy (non-hydrogen) atoms. The van der Waals surface area contributed by atoms with Crippen molar-refractivity contribution < 1.29 is 0 Å². The van der Waals surface area contributed by atoms with Gasteiger partial charge in [0, 0.05) is 68.5 Å². The Balaban J connectivity index is 1.12. The Kier molecular flexibility index (Phi) is 11.8. The van der Waals surface area contributed by atoms with Gasteiger partial charge >= 0.3 is 0 Å². The third-order valence-electron chi connectivity index (χ3n) is 16.3. The number of anilines is 11. The van der Waals surface area contributed by atoms with Gasteiger partial charge in [-0.25, -0.2) is 0 Å². The van der Waals surface area contributed by atoms with Crippen molar-refractivity contribution in [2.24, 2.45) is 0 Å². The predicted octanol–water partition coefficient (Wildman–Crippen LogP) is 19.9. The van der Waals surface area contributed by atoms with E-state index in [-0.39, 0.29) is 0 Å². The van der Waals surface area contributed by atoms with Crippen LogP contribution in [-0.4, -0.2) is 6.04 Å². The van der Waals surface area contributed by atoms with Crippen molar-refractivity contribution in [2.45, 2.75) is 43.6 Å². The lowest BCUT2D eigenvalue weighted by molar-refractivity contribution is 0.436. The Labute approximate surface area is 453 Å². The lowest BCUT2D eigenvalue weighted by atomic mass is 9.69. The second kappa shape index (κ2) is 19.7. The van der Waals surface area contributed by atoms with Gasteiger partial charge in [0.15, 0.2) is 0 Å². The summed E-state index contributed by atoms with van der Waals surface area (Å²) in [5, 5.41) is 0. The van der Waals surface area contributed by atoms with E-state index < -0.39 is 5.41 Å². The molecular weight excluding hydrogens is 933 g/mol. The third kappa shape index (κ3) is 7.90. The van der Waals surface area contributed by atoms with Crippen LogP contribution in [0.1, 0.15) is 54.4 Å². The molecular formula is C73H58N4. The molecule has 0 atom stereocenters. The van der Waals surface area contributed by atoms with Crippen molar-refractivity contribution in [3.8, 4) is 22.3 Å². The lowest BCUT2D eigenvalue weighted by Crippen LogP contribution is -2.33. The summed E-state index contributed by atoms with van der Waals surface area (Å²) >= 11 is 0. The zero-order valence-corrected chi connectivity index (χ0v) is 43.0. The van der Waals surface area contributed by atoms with Crippen LogP contribution in [0.3, 0.4) is 0 Å². The molecule has 1 fully saturated rings. The van der Waals surface area contributed by atoms with E-state index in [1.807, 2.05) is 0 Å². The fourth-order valence-corrected chi connectivity index (χ4v) is 13.1. The molecule has 1 spiro atoms. The average molecular weight is 991 g/mol. The van der Waals surface area contributed by atoms with Gasteiger partial charge in [-0.3, -0.25) is 0 Å². The second-order valence-electron chi connectivity index (χ2n) is 20.7. The summed E-state index contributed by atoms with van der Waals surface area (Å²) in [7, 11) is 0. The van der Waals surface area contributed by atoms with Gasteiger partial charge in [-0.1, -0.05) is 177 Å². The van der Waals surface area contributed by atoms with Gasteiger partial charge in [-0.05, 0) is 179 Å². The van der Waals surface area contributed by atoms with Crippen LogP contribution in [0.15, 0.2) is 285 Å². The fourth-order valence-electron chi connectivity index (χ4n) is 13.1. The first kappa shape index (κ1) is 46.2. The van der Waals surface area contributed by atoms with Crippen molar-refractivity contribution in [3.63, 3.8) is 0 Å². The van der Waals surface area contributed by atoms with E-state index in [4.69, 9.17) is 0 Å². The minimum atomic E-state index is -0.817. The first-order valence-electron chi connectivity index (χ1n) is 27.4. The van der Waals surface area contributed by atoms with Crippen molar-refractivity contribution in [1.29, 1.82) is 0 Å². The molecule has 11 aromatic rings. The highest BCUT2D eigenvalue weighted by atomic mass is 15.2. The van der Waals surface area contributed by atoms with E-state index >= 15 is 0 Å². The number of para-hydroxylation sites is 7. The van der Waals surface area contributed by atoms with Crippen molar-refractivity contribution in [3.05, 3.63) is 307 Å². The molecule has 0 radical (unpaired) electrons. The van der Waals surface area contributed by atoms with E-state index in [0.717, 1.165) is 64.0 Å². The van der Waals surface area contributed by atoms with Gasteiger partial charge in [0.25, 0.3) is 0 Å². The number of rotatable bonds is 12. The van der Waals surface area contributed by atoms with Crippen LogP contribution in [0.2, 0.25) is 0 Å². The topological polar surface area (TPSA) is 13.0 Å². The Morgan fingerprint density at radius 1 is 0.260 bits per heavy atom. The number of nitrogens with zero attached hydrogens (tertiary/aromatic N) is 4. The van der Waals surface area contributed by atoms with E-state index in [1.54, 1.807) is 0 Å². The maximum absolute atomic E-state index is 2.68. The molecule has 14 rings (SSSR count). The smallest absolute Gasteiger partial charge is 0.0748 e. The first-order chi connectivity index (χ1) is 38.2. The highest BCUT2D eigenvalue weighted by Crippen LogP contribution is 2.67. The largest absolute Gasteiger partial charge is 0.338 e. The molecule has 4 heteroatoms. The molecule has 0 N–H and O–H groups in total. The highest BCUT2D eigenvalue weighted by Gasteiger charge is 2.54. The van der Waals surface area contributed by atoms with Gasteiger partial charge < -0.3 is 19.6 Å². The summed E-state index contributed by atoms with van der Waals surface area (Å²) in [6, 6.07) is 106. The quantitative estimate of drug-likeness (QED) is 0.121. The normalized spacial score (nSPS) is 13.8. The van der Waals surface area contributed by atoms with Crippen LogP contribution in [0.25, 0.3) is 22.3 Å². The number of fused-ring (bicyclic) bond motifs is 10. The molecule has 0 saturated heterocycles. The van der Waals surface area contributed by atoms with Gasteiger partial charge in [-0.15, -0.1) is 0 Å². The Morgan fingerprint density at radius 2 is 0.597 bits per heavy atom. The molecule has 3 aliphatic rings. The molecule has 0 heterocycles. The summed E-state index contributed by atoms with van der Waals surface area (Å²) in [6.07, 6.45) is 6.07. The minimum Gasteiger partial charge on any atom is -0.338 e. The van der Waals surface area contributed by atoms with E-state index in [2.05, 4.69) is 305 Å². The molecule has 0 aromatic heterocycles. The number of hydrogen-bond acceptors (Lipinski definition) is 4. The highest BCUT2D eigenvalue weighted by molar-refractivity contribution is 6.02. The van der Waals surface area contributed by atoms with E-state index in [1.165, 1.54) is 75.1 Å². The predicted molar refractivity (Wildman–Crippen MR) is 322 cm³/mol. The SMILES string of the molecule is c1ccc(N(c2ccccc2)c2ccc3c(c2)C2(c4cc(N(c5ccccc5)c5ccccc5)ccc4-3)c3cc(N(c4ccccc4)C4CCCCC4)ccc3-c3cccc(N(c4ccccc4)c4ccccc4)c32)cc1. The number of benzene rings is 11. The summed E-state index contributed by atoms with van der Waals surface area (Å²) in [4.78, 5) is 10.0. The van der Waals surface area contributed by atoms with Crippen LogP contribution in [0.4, 0.5) is 62.6 Å². The van der Waals surface area contributed by atoms with Crippen LogP contribution >= 0.6 is 0 Å². The summed E-state index contributed by atoms with van der Waals surface area (Å²) in [5.41, 5.74) is 21.7. The van der Waals surface area contributed by atoms with Crippen molar-refractivity contribution >= 4 is 62.6 Å². The molecule has 0 unspecified atom stereocenters. The Bertz CT molecular complexity index is 3590. The summed E-state index contributed by atoms with van der Waals surface area (Å²) in [6.45, 7) is 0. The molecule has 370 valence electrons. The maximum atomic E-state index is 2.68. The van der Waals surface area contributed by atoms with Crippen LogP contribution in [0, 0.1) is 0 Å². The van der Waals surface area contributed by atoms with Crippen molar-refractivity contribution in [2.75, 3.05) is 19.6 Å². The third-order valence-corrected chi connectivity index (χ3v) is 16.3. The van der Waals surface area contributed by atoms with Crippen LogP contribution < -0.4 is 19.6 Å². The van der Waals surface area contributed by atoms with Gasteiger partial charge in [0.05, 0.1) is 11.1 Å². The molecule has 0 aliphatic heterocycles. The molecule has 1 saturated carbocycles. The van der Waals surface area contributed by atoms with E-state index in [0.29, 0.717) is 6.04 Å². The summed E-state index contributed by atoms with van der Waals surface area (Å²) in [5.74, 6) is 0.